The molecule has 0 saturated carbocycles. The van der Waals surface area contributed by atoms with Crippen molar-refractivity contribution >= 4 is 22.4 Å². The Morgan fingerprint density at radius 2 is 1.89 bits per heavy atom. The van der Waals surface area contributed by atoms with Crippen LogP contribution in [-0.4, -0.2) is 24.7 Å². The normalized spacial score (nSPS) is 12.3. The van der Waals surface area contributed by atoms with E-state index in [1.54, 1.807) is 6.92 Å². The molecule has 18 heavy (non-hydrogen) atoms. The molecule has 0 aliphatic heterocycles. The number of anilines is 1. The maximum atomic E-state index is 10.9. The zero-order valence-electron chi connectivity index (χ0n) is 10.6. The summed E-state index contributed by atoms with van der Waals surface area (Å²) in [6, 6.07) is 14.2. The van der Waals surface area contributed by atoms with E-state index >= 15 is 0 Å². The Bertz CT molecular complexity index is 560. The van der Waals surface area contributed by atoms with Gasteiger partial charge in [-0.25, -0.2) is 0 Å². The third-order valence-electron chi connectivity index (χ3n) is 3.15. The molecule has 0 amide bonds. The number of aliphatic carboxylic acids is 1. The van der Waals surface area contributed by atoms with Crippen LogP contribution in [0.3, 0.4) is 0 Å². The lowest BCUT2D eigenvalue weighted by atomic mass is 10.1. The highest BCUT2D eigenvalue weighted by atomic mass is 16.4. The molecule has 0 aliphatic carbocycles. The molecule has 2 rings (SSSR count). The second-order valence-corrected chi connectivity index (χ2v) is 4.62. The Kier molecular flexibility index (Phi) is 3.51. The van der Waals surface area contributed by atoms with Crippen LogP contribution in [0.2, 0.25) is 0 Å². The molecular formula is C15H17NO2. The molecule has 94 valence electrons. The third kappa shape index (κ3) is 2.45. The Labute approximate surface area is 107 Å². The van der Waals surface area contributed by atoms with E-state index in [0.717, 1.165) is 11.1 Å². The van der Waals surface area contributed by atoms with Gasteiger partial charge in [-0.3, -0.25) is 4.79 Å². The molecule has 0 aromatic heterocycles. The molecule has 0 fully saturated rings. The topological polar surface area (TPSA) is 40.5 Å². The number of hydrogen-bond acceptors (Lipinski definition) is 2. The van der Waals surface area contributed by atoms with Gasteiger partial charge in [-0.2, -0.15) is 0 Å². The summed E-state index contributed by atoms with van der Waals surface area (Å²) in [5.41, 5.74) is 1.07. The van der Waals surface area contributed by atoms with Crippen molar-refractivity contribution in [2.24, 2.45) is 5.92 Å². The standard InChI is InChI=1S/C15H17NO2/c1-11(15(17)18)10-16(2)14-9-5-7-12-6-3-4-8-13(12)14/h3-9,11H,10H2,1-2H3,(H,17,18). The van der Waals surface area contributed by atoms with E-state index in [2.05, 4.69) is 18.2 Å². The molecule has 0 bridgehead atoms. The van der Waals surface area contributed by atoms with Gasteiger partial charge in [-0.15, -0.1) is 0 Å². The lowest BCUT2D eigenvalue weighted by Crippen LogP contribution is -2.28. The lowest BCUT2D eigenvalue weighted by Gasteiger charge is -2.23. The summed E-state index contributed by atoms with van der Waals surface area (Å²) in [7, 11) is 1.93. The smallest absolute Gasteiger partial charge is 0.308 e. The minimum atomic E-state index is -0.762. The Balaban J connectivity index is 2.33. The summed E-state index contributed by atoms with van der Waals surface area (Å²) in [5.74, 6) is -1.14. The first-order valence-corrected chi connectivity index (χ1v) is 6.01. The molecule has 0 aliphatic rings. The molecular weight excluding hydrogens is 226 g/mol. The summed E-state index contributed by atoms with van der Waals surface area (Å²) < 4.78 is 0. The van der Waals surface area contributed by atoms with E-state index in [1.165, 1.54) is 5.39 Å². The van der Waals surface area contributed by atoms with Crippen LogP contribution in [0.25, 0.3) is 10.8 Å². The van der Waals surface area contributed by atoms with Gasteiger partial charge in [0.15, 0.2) is 0 Å². The zero-order valence-corrected chi connectivity index (χ0v) is 10.6. The summed E-state index contributed by atoms with van der Waals surface area (Å²) in [5, 5.41) is 11.3. The number of nitrogens with zero attached hydrogens (tertiary/aromatic N) is 1. The summed E-state index contributed by atoms with van der Waals surface area (Å²) in [6.45, 7) is 2.23. The lowest BCUT2D eigenvalue weighted by molar-refractivity contribution is -0.140. The van der Waals surface area contributed by atoms with Crippen molar-refractivity contribution in [3.63, 3.8) is 0 Å². The van der Waals surface area contributed by atoms with E-state index in [9.17, 15) is 4.79 Å². The van der Waals surface area contributed by atoms with Gasteiger partial charge in [0.1, 0.15) is 0 Å². The third-order valence-corrected chi connectivity index (χ3v) is 3.15. The van der Waals surface area contributed by atoms with Gasteiger partial charge in [-0.05, 0) is 11.5 Å². The molecule has 1 N–H and O–H groups in total. The number of fused-ring (bicyclic) bond motifs is 1. The molecule has 0 saturated heterocycles. The number of carboxylic acid groups (broad SMARTS) is 1. The van der Waals surface area contributed by atoms with Crippen LogP contribution < -0.4 is 4.90 Å². The van der Waals surface area contributed by atoms with Crippen molar-refractivity contribution in [2.45, 2.75) is 6.92 Å². The van der Waals surface area contributed by atoms with Crippen molar-refractivity contribution in [2.75, 3.05) is 18.5 Å². The van der Waals surface area contributed by atoms with Crippen LogP contribution in [0, 0.1) is 5.92 Å². The number of benzene rings is 2. The average Bonchev–Trinajstić information content (AvgIpc) is 2.37. The predicted molar refractivity (Wildman–Crippen MR) is 74.0 cm³/mol. The molecule has 1 unspecified atom stereocenters. The second-order valence-electron chi connectivity index (χ2n) is 4.62. The first-order valence-electron chi connectivity index (χ1n) is 6.01. The number of rotatable bonds is 4. The van der Waals surface area contributed by atoms with Crippen LogP contribution >= 0.6 is 0 Å². The van der Waals surface area contributed by atoms with Crippen LogP contribution in [0.15, 0.2) is 42.5 Å². The van der Waals surface area contributed by atoms with Gasteiger partial charge < -0.3 is 10.0 Å². The summed E-state index contributed by atoms with van der Waals surface area (Å²) in [6.07, 6.45) is 0. The molecule has 2 aromatic rings. The largest absolute Gasteiger partial charge is 0.481 e. The van der Waals surface area contributed by atoms with Crippen molar-refractivity contribution in [1.29, 1.82) is 0 Å². The maximum absolute atomic E-state index is 10.9. The first kappa shape index (κ1) is 12.4. The maximum Gasteiger partial charge on any atom is 0.308 e. The van der Waals surface area contributed by atoms with Gasteiger partial charge in [0.2, 0.25) is 0 Å². The Morgan fingerprint density at radius 1 is 1.22 bits per heavy atom. The average molecular weight is 243 g/mol. The fraction of sp³-hybridized carbons (Fsp3) is 0.267. The minimum Gasteiger partial charge on any atom is -0.481 e. The number of carbonyl (C=O) groups is 1. The van der Waals surface area contributed by atoms with Crippen molar-refractivity contribution in [3.05, 3.63) is 42.5 Å². The van der Waals surface area contributed by atoms with Gasteiger partial charge in [0, 0.05) is 24.7 Å². The Hall–Kier alpha value is -2.03. The SMILES string of the molecule is CC(CN(C)c1cccc2ccccc12)C(=O)O. The molecule has 3 heteroatoms. The van der Waals surface area contributed by atoms with Crippen LogP contribution in [0.1, 0.15) is 6.92 Å². The highest BCUT2D eigenvalue weighted by Gasteiger charge is 2.15. The highest BCUT2D eigenvalue weighted by Crippen LogP contribution is 2.26. The predicted octanol–water partition coefficient (Wildman–Crippen LogP) is 3.00. The number of carboxylic acids is 1. The molecule has 0 radical (unpaired) electrons. The van der Waals surface area contributed by atoms with Gasteiger partial charge >= 0.3 is 5.97 Å². The van der Waals surface area contributed by atoms with Gasteiger partial charge in [-0.1, -0.05) is 43.3 Å². The van der Waals surface area contributed by atoms with E-state index < -0.39 is 5.97 Å². The summed E-state index contributed by atoms with van der Waals surface area (Å²) >= 11 is 0. The van der Waals surface area contributed by atoms with E-state index in [-0.39, 0.29) is 5.92 Å². The highest BCUT2D eigenvalue weighted by molar-refractivity contribution is 5.94. The van der Waals surface area contributed by atoms with Crippen molar-refractivity contribution in [3.8, 4) is 0 Å². The van der Waals surface area contributed by atoms with E-state index in [1.807, 2.05) is 36.2 Å². The van der Waals surface area contributed by atoms with Crippen molar-refractivity contribution in [1.82, 2.24) is 0 Å². The van der Waals surface area contributed by atoms with E-state index in [4.69, 9.17) is 5.11 Å². The van der Waals surface area contributed by atoms with Crippen LogP contribution in [0.4, 0.5) is 5.69 Å². The second kappa shape index (κ2) is 5.08. The van der Waals surface area contributed by atoms with Crippen LogP contribution in [-0.2, 0) is 4.79 Å². The van der Waals surface area contributed by atoms with E-state index in [0.29, 0.717) is 6.54 Å². The quantitative estimate of drug-likeness (QED) is 0.897. The zero-order chi connectivity index (χ0) is 13.1. The van der Waals surface area contributed by atoms with Crippen LogP contribution in [0.5, 0.6) is 0 Å². The van der Waals surface area contributed by atoms with Gasteiger partial charge in [0.05, 0.1) is 5.92 Å². The molecule has 1 atom stereocenters. The van der Waals surface area contributed by atoms with Gasteiger partial charge in [0.25, 0.3) is 0 Å². The first-order chi connectivity index (χ1) is 8.59. The molecule has 2 aromatic carbocycles. The fourth-order valence-corrected chi connectivity index (χ4v) is 2.13. The molecule has 0 heterocycles. The number of hydrogen-bond donors (Lipinski definition) is 1. The van der Waals surface area contributed by atoms with Crippen molar-refractivity contribution < 1.29 is 9.90 Å². The monoisotopic (exact) mass is 243 g/mol. The Morgan fingerprint density at radius 3 is 2.61 bits per heavy atom. The molecule has 3 nitrogen and oxygen atoms in total. The fourth-order valence-electron chi connectivity index (χ4n) is 2.13. The summed E-state index contributed by atoms with van der Waals surface area (Å²) in [4.78, 5) is 12.9. The minimum absolute atomic E-state index is 0.381. The molecule has 0 spiro atoms.